The molecule has 5 unspecified atom stereocenters. The van der Waals surface area contributed by atoms with Crippen molar-refractivity contribution >= 4 is 62.4 Å². The van der Waals surface area contributed by atoms with Crippen molar-refractivity contribution in [3.05, 3.63) is 73.7 Å². The Balaban J connectivity index is 1.88. The number of alkyl halides is 3. The van der Waals surface area contributed by atoms with Crippen LogP contribution < -0.4 is 0 Å². The summed E-state index contributed by atoms with van der Waals surface area (Å²) in [4.78, 5) is 18.2. The van der Waals surface area contributed by atoms with Gasteiger partial charge >= 0.3 is 12.1 Å². The molecule has 1 fully saturated rings. The largest absolute Gasteiger partial charge is 0.461 e. The molecule has 2 aromatic carbocycles. The smallest absolute Gasteiger partial charge is 0.401 e. The summed E-state index contributed by atoms with van der Waals surface area (Å²) in [6.45, 7) is 7.25. The van der Waals surface area contributed by atoms with Gasteiger partial charge in [-0.15, -0.1) is 0 Å². The molecule has 0 bridgehead atoms. The van der Waals surface area contributed by atoms with E-state index in [0.29, 0.717) is 6.42 Å². The maximum absolute atomic E-state index is 15.3. The second-order valence-corrected chi connectivity index (χ2v) is 12.6. The first-order chi connectivity index (χ1) is 18.2. The van der Waals surface area contributed by atoms with Crippen LogP contribution in [-0.4, -0.2) is 30.5 Å². The van der Waals surface area contributed by atoms with E-state index in [0.717, 1.165) is 31.0 Å². The average Bonchev–Trinajstić information content (AvgIpc) is 3.26. The molecule has 11 heteroatoms. The monoisotopic (exact) mass is 668 g/mol. The van der Waals surface area contributed by atoms with Crippen LogP contribution in [0, 0.1) is 36.4 Å². The summed E-state index contributed by atoms with van der Waals surface area (Å²) >= 11 is 21.4. The van der Waals surface area contributed by atoms with Crippen molar-refractivity contribution in [3.8, 4) is 0 Å². The average molecular weight is 671 g/mol. The second kappa shape index (κ2) is 11.4. The standard InChI is InChI=1S/C28H26BrCl3F4NO2/c1-13(2)17-6-4-14(3)8-22(17)39-26(38)23-25(15-5-7-21(33)18(29)9-15)37-12-27(23,28(34,35)36)16-10-19(30)24(32)20(31)11-16/h5,7,9-11,13-14,17,22-23H,3-4,6,8,12H2,1-2H3/q+1. The SMILES string of the molecule is [CH2+]C1CCC(C(C)C)C(OC(=O)C2C(c3ccc(F)c(Br)c3)=NCC2(c2cc(Cl)c(Cl)c(Cl)c2)C(F)(F)F)C1. The van der Waals surface area contributed by atoms with Crippen LogP contribution in [0.25, 0.3) is 0 Å². The third-order valence-corrected chi connectivity index (χ3v) is 9.60. The number of rotatable bonds is 5. The molecule has 210 valence electrons. The highest BCUT2D eigenvalue weighted by Crippen LogP contribution is 2.53. The molecule has 0 radical (unpaired) electrons. The van der Waals surface area contributed by atoms with Crippen molar-refractivity contribution in [2.75, 3.05) is 6.54 Å². The maximum atomic E-state index is 15.3. The Hall–Kier alpha value is -1.48. The quantitative estimate of drug-likeness (QED) is 0.138. The Morgan fingerprint density at radius 2 is 1.79 bits per heavy atom. The molecule has 2 aliphatic rings. The third kappa shape index (κ3) is 5.68. The molecule has 0 N–H and O–H groups in total. The van der Waals surface area contributed by atoms with E-state index in [1.807, 2.05) is 13.8 Å². The van der Waals surface area contributed by atoms with E-state index < -0.39 is 41.9 Å². The van der Waals surface area contributed by atoms with E-state index in [2.05, 4.69) is 27.8 Å². The van der Waals surface area contributed by atoms with Gasteiger partial charge in [0.15, 0.2) is 0 Å². The first-order valence-corrected chi connectivity index (χ1v) is 14.3. The second-order valence-electron chi connectivity index (χ2n) is 10.5. The topological polar surface area (TPSA) is 38.7 Å². The van der Waals surface area contributed by atoms with Gasteiger partial charge in [0.05, 0.1) is 44.6 Å². The zero-order chi connectivity index (χ0) is 28.9. The molecule has 0 saturated heterocycles. The van der Waals surface area contributed by atoms with Crippen LogP contribution in [0.1, 0.15) is 44.2 Å². The molecule has 39 heavy (non-hydrogen) atoms. The van der Waals surface area contributed by atoms with E-state index in [-0.39, 0.29) is 54.1 Å². The highest BCUT2D eigenvalue weighted by atomic mass is 79.9. The molecule has 1 heterocycles. The number of carbonyl (C=O) groups is 1. The molecule has 1 aliphatic heterocycles. The lowest BCUT2D eigenvalue weighted by Gasteiger charge is -2.39. The van der Waals surface area contributed by atoms with Gasteiger partial charge in [0.1, 0.15) is 23.3 Å². The van der Waals surface area contributed by atoms with Gasteiger partial charge < -0.3 is 4.74 Å². The summed E-state index contributed by atoms with van der Waals surface area (Å²) in [5, 5.41) is -0.497. The number of benzene rings is 2. The minimum Gasteiger partial charge on any atom is -0.461 e. The summed E-state index contributed by atoms with van der Waals surface area (Å²) in [5.41, 5.74) is -3.23. The van der Waals surface area contributed by atoms with E-state index in [1.54, 1.807) is 0 Å². The molecule has 1 saturated carbocycles. The number of carbonyl (C=O) groups excluding carboxylic acids is 1. The summed E-state index contributed by atoms with van der Waals surface area (Å²) in [7, 11) is 0. The molecular formula is C28H26BrCl3F4NO2+. The number of hydrogen-bond donors (Lipinski definition) is 0. The molecule has 0 spiro atoms. The molecule has 3 nitrogen and oxygen atoms in total. The third-order valence-electron chi connectivity index (χ3n) is 7.80. The summed E-state index contributed by atoms with van der Waals surface area (Å²) in [5.74, 6) is -3.49. The van der Waals surface area contributed by atoms with E-state index in [1.165, 1.54) is 12.1 Å². The van der Waals surface area contributed by atoms with Gasteiger partial charge in [-0.2, -0.15) is 13.2 Å². The van der Waals surface area contributed by atoms with Crippen molar-refractivity contribution in [1.82, 2.24) is 0 Å². The predicted molar refractivity (Wildman–Crippen MR) is 149 cm³/mol. The van der Waals surface area contributed by atoms with Crippen LogP contribution >= 0.6 is 50.7 Å². The van der Waals surface area contributed by atoms with Gasteiger partial charge in [0, 0.05) is 6.42 Å². The van der Waals surface area contributed by atoms with Gasteiger partial charge in [-0.1, -0.05) is 54.7 Å². The highest BCUT2D eigenvalue weighted by molar-refractivity contribution is 9.10. The normalized spacial score (nSPS) is 27.5. The summed E-state index contributed by atoms with van der Waals surface area (Å²) in [6.07, 6.45) is -3.58. The van der Waals surface area contributed by atoms with Crippen LogP contribution in [-0.2, 0) is 14.9 Å². The molecule has 0 aromatic heterocycles. The number of nitrogens with zero attached hydrogens (tertiary/aromatic N) is 1. The van der Waals surface area contributed by atoms with E-state index >= 15 is 13.2 Å². The maximum Gasteiger partial charge on any atom is 0.401 e. The van der Waals surface area contributed by atoms with Crippen molar-refractivity contribution in [2.24, 2.45) is 28.7 Å². The Labute approximate surface area is 248 Å². The Kier molecular flexibility index (Phi) is 8.92. The van der Waals surface area contributed by atoms with Gasteiger partial charge in [-0.25, -0.2) is 4.39 Å². The number of halogens is 8. The molecule has 5 atom stereocenters. The van der Waals surface area contributed by atoms with Crippen molar-refractivity contribution in [2.45, 2.75) is 50.8 Å². The molecule has 1 aliphatic carbocycles. The zero-order valence-corrected chi connectivity index (χ0v) is 25.0. The van der Waals surface area contributed by atoms with Crippen molar-refractivity contribution in [3.63, 3.8) is 0 Å². The fourth-order valence-corrected chi connectivity index (χ4v) is 6.67. The summed E-state index contributed by atoms with van der Waals surface area (Å²) in [6, 6.07) is 5.80. The number of ether oxygens (including phenoxy) is 1. The molecule has 0 amide bonds. The van der Waals surface area contributed by atoms with Gasteiger partial charge in [0.2, 0.25) is 0 Å². The van der Waals surface area contributed by atoms with Crippen LogP contribution in [0.3, 0.4) is 0 Å². The van der Waals surface area contributed by atoms with Gasteiger partial charge in [-0.05, 0) is 76.0 Å². The predicted octanol–water partition coefficient (Wildman–Crippen LogP) is 9.29. The van der Waals surface area contributed by atoms with E-state index in [9.17, 15) is 9.18 Å². The molecule has 2 aromatic rings. The summed E-state index contributed by atoms with van der Waals surface area (Å²) < 4.78 is 65.8. The molecular weight excluding hydrogens is 645 g/mol. The van der Waals surface area contributed by atoms with Crippen LogP contribution in [0.2, 0.25) is 15.1 Å². The number of hydrogen-bond acceptors (Lipinski definition) is 3. The van der Waals surface area contributed by atoms with Crippen LogP contribution in [0.4, 0.5) is 17.6 Å². The minimum absolute atomic E-state index is 0.00354. The first-order valence-electron chi connectivity index (χ1n) is 12.4. The lowest BCUT2D eigenvalue weighted by Crippen LogP contribution is -2.54. The lowest BCUT2D eigenvalue weighted by molar-refractivity contribution is -0.204. The highest BCUT2D eigenvalue weighted by Gasteiger charge is 2.67. The van der Waals surface area contributed by atoms with Crippen LogP contribution in [0.5, 0.6) is 0 Å². The van der Waals surface area contributed by atoms with Crippen molar-refractivity contribution < 1.29 is 27.1 Å². The van der Waals surface area contributed by atoms with Gasteiger partial charge in [0.25, 0.3) is 0 Å². The van der Waals surface area contributed by atoms with E-state index in [4.69, 9.17) is 39.5 Å². The Morgan fingerprint density at radius 3 is 2.36 bits per heavy atom. The lowest BCUT2D eigenvalue weighted by atomic mass is 9.68. The van der Waals surface area contributed by atoms with Crippen molar-refractivity contribution in [1.29, 1.82) is 0 Å². The van der Waals surface area contributed by atoms with Crippen LogP contribution in [0.15, 0.2) is 39.8 Å². The van der Waals surface area contributed by atoms with Gasteiger partial charge in [-0.3, -0.25) is 9.79 Å². The number of esters is 1. The molecule has 4 rings (SSSR count). The minimum atomic E-state index is -4.99. The number of aliphatic imine (C=N–C) groups is 1. The Morgan fingerprint density at radius 1 is 1.15 bits per heavy atom. The fourth-order valence-electron chi connectivity index (χ4n) is 5.69. The fraction of sp³-hybridized carbons (Fsp3) is 0.464. The Bertz CT molecular complexity index is 1280. The zero-order valence-electron chi connectivity index (χ0n) is 21.1. The first kappa shape index (κ1) is 30.5.